The molecular weight excluding hydrogens is 283 g/mol. The number of benzene rings is 1. The summed E-state index contributed by atoms with van der Waals surface area (Å²) in [6, 6.07) is 3.61. The van der Waals surface area contributed by atoms with Crippen molar-refractivity contribution in [2.75, 3.05) is 5.32 Å². The maximum atomic E-state index is 13.0. The lowest BCUT2D eigenvalue weighted by atomic mass is 10.2. The van der Waals surface area contributed by atoms with E-state index < -0.39 is 11.6 Å². The lowest BCUT2D eigenvalue weighted by molar-refractivity contribution is 0.507. The fraction of sp³-hybridized carbons (Fsp3) is 0.0909. The smallest absolute Gasteiger partial charge is 0.224 e. The van der Waals surface area contributed by atoms with E-state index in [-0.39, 0.29) is 11.8 Å². The molecule has 0 aliphatic heterocycles. The van der Waals surface area contributed by atoms with Gasteiger partial charge in [0.1, 0.15) is 10.8 Å². The molecule has 0 saturated heterocycles. The molecule has 3 nitrogen and oxygen atoms in total. The molecule has 0 bridgehead atoms. The van der Waals surface area contributed by atoms with Crippen molar-refractivity contribution < 1.29 is 8.78 Å². The molecule has 1 N–H and O–H groups in total. The van der Waals surface area contributed by atoms with E-state index in [2.05, 4.69) is 15.3 Å². The summed E-state index contributed by atoms with van der Waals surface area (Å²) in [5.41, 5.74) is 0.555. The van der Waals surface area contributed by atoms with Crippen LogP contribution < -0.4 is 5.32 Å². The molecule has 94 valence electrons. The van der Waals surface area contributed by atoms with Gasteiger partial charge in [0.05, 0.1) is 6.20 Å². The summed E-state index contributed by atoms with van der Waals surface area (Å²) >= 11 is 11.5. The molecule has 0 aliphatic rings. The maximum absolute atomic E-state index is 13.0. The van der Waals surface area contributed by atoms with Gasteiger partial charge < -0.3 is 5.32 Å². The van der Waals surface area contributed by atoms with Crippen LogP contribution in [0.2, 0.25) is 10.3 Å². The highest BCUT2D eigenvalue weighted by atomic mass is 35.5. The van der Waals surface area contributed by atoms with E-state index in [0.717, 1.165) is 12.1 Å². The van der Waals surface area contributed by atoms with Gasteiger partial charge in [0.15, 0.2) is 11.6 Å². The van der Waals surface area contributed by atoms with Crippen LogP contribution in [0.15, 0.2) is 24.4 Å². The normalized spacial score (nSPS) is 10.4. The van der Waals surface area contributed by atoms with Gasteiger partial charge in [-0.15, -0.1) is 0 Å². The standard InChI is InChI=1S/C11H7Cl2F2N3/c12-7-5-17-11(13)18-10(7)16-4-6-1-2-8(14)9(15)3-6/h1-3,5H,4H2,(H,16,17,18). The Kier molecular flexibility index (Phi) is 3.93. The number of anilines is 1. The number of rotatable bonds is 3. The van der Waals surface area contributed by atoms with Crippen molar-refractivity contribution in [1.29, 1.82) is 0 Å². The number of hydrogen-bond acceptors (Lipinski definition) is 3. The topological polar surface area (TPSA) is 37.8 Å². The Morgan fingerprint density at radius 3 is 2.67 bits per heavy atom. The van der Waals surface area contributed by atoms with Gasteiger partial charge in [-0.1, -0.05) is 17.7 Å². The van der Waals surface area contributed by atoms with Gasteiger partial charge in [-0.25, -0.2) is 13.8 Å². The van der Waals surface area contributed by atoms with Gasteiger partial charge in [-0.05, 0) is 29.3 Å². The van der Waals surface area contributed by atoms with Crippen LogP contribution in [0.3, 0.4) is 0 Å². The minimum absolute atomic E-state index is 0.0483. The summed E-state index contributed by atoms with van der Waals surface area (Å²) in [5, 5.41) is 3.20. The Labute approximate surface area is 112 Å². The Morgan fingerprint density at radius 1 is 1.17 bits per heavy atom. The zero-order valence-electron chi connectivity index (χ0n) is 8.92. The number of aromatic nitrogens is 2. The third-order valence-corrected chi connectivity index (χ3v) is 2.62. The second-order valence-electron chi connectivity index (χ2n) is 3.44. The molecule has 1 aromatic heterocycles. The Morgan fingerprint density at radius 2 is 1.94 bits per heavy atom. The molecule has 0 spiro atoms. The summed E-state index contributed by atoms with van der Waals surface area (Å²) in [6.07, 6.45) is 1.35. The van der Waals surface area contributed by atoms with Crippen molar-refractivity contribution >= 4 is 29.0 Å². The number of nitrogens with one attached hydrogen (secondary N) is 1. The predicted octanol–water partition coefficient (Wildman–Crippen LogP) is 3.67. The van der Waals surface area contributed by atoms with Crippen molar-refractivity contribution in [3.05, 3.63) is 51.9 Å². The van der Waals surface area contributed by atoms with E-state index in [1.807, 2.05) is 0 Å². The highest BCUT2D eigenvalue weighted by Crippen LogP contribution is 2.20. The first-order valence-electron chi connectivity index (χ1n) is 4.92. The van der Waals surface area contributed by atoms with E-state index in [4.69, 9.17) is 23.2 Å². The lowest BCUT2D eigenvalue weighted by Gasteiger charge is -2.07. The molecule has 0 fully saturated rings. The average Bonchev–Trinajstić information content (AvgIpc) is 2.34. The van der Waals surface area contributed by atoms with Gasteiger partial charge in [-0.2, -0.15) is 4.98 Å². The third kappa shape index (κ3) is 3.05. The first-order chi connectivity index (χ1) is 8.56. The second kappa shape index (κ2) is 5.46. The molecule has 0 saturated carbocycles. The quantitative estimate of drug-likeness (QED) is 0.876. The van der Waals surface area contributed by atoms with Crippen molar-refractivity contribution in [3.63, 3.8) is 0 Å². The number of nitrogens with zero attached hydrogens (tertiary/aromatic N) is 2. The van der Waals surface area contributed by atoms with Crippen LogP contribution in [-0.4, -0.2) is 9.97 Å². The van der Waals surface area contributed by atoms with Crippen LogP contribution in [0.5, 0.6) is 0 Å². The minimum atomic E-state index is -0.902. The van der Waals surface area contributed by atoms with E-state index in [1.54, 1.807) is 0 Å². The third-order valence-electron chi connectivity index (χ3n) is 2.16. The monoisotopic (exact) mass is 289 g/mol. The molecule has 0 radical (unpaired) electrons. The molecular formula is C11H7Cl2F2N3. The van der Waals surface area contributed by atoms with E-state index in [1.165, 1.54) is 12.3 Å². The fourth-order valence-corrected chi connectivity index (χ4v) is 1.60. The highest BCUT2D eigenvalue weighted by molar-refractivity contribution is 6.33. The van der Waals surface area contributed by atoms with Crippen molar-refractivity contribution in [2.24, 2.45) is 0 Å². The molecule has 2 aromatic rings. The first kappa shape index (κ1) is 13.0. The minimum Gasteiger partial charge on any atom is -0.365 e. The lowest BCUT2D eigenvalue weighted by Crippen LogP contribution is -2.03. The Hall–Kier alpha value is -1.46. The largest absolute Gasteiger partial charge is 0.365 e. The summed E-state index contributed by atoms with van der Waals surface area (Å²) < 4.78 is 25.7. The summed E-state index contributed by atoms with van der Waals surface area (Å²) in [6.45, 7) is 0.240. The van der Waals surface area contributed by atoms with Gasteiger partial charge >= 0.3 is 0 Å². The predicted molar refractivity (Wildman–Crippen MR) is 65.7 cm³/mol. The molecule has 1 heterocycles. The Balaban J connectivity index is 2.11. The van der Waals surface area contributed by atoms with E-state index >= 15 is 0 Å². The van der Waals surface area contributed by atoms with Gasteiger partial charge in [0.2, 0.25) is 5.28 Å². The molecule has 7 heteroatoms. The molecule has 0 atom stereocenters. The first-order valence-corrected chi connectivity index (χ1v) is 5.67. The summed E-state index contributed by atoms with van der Waals surface area (Å²) in [7, 11) is 0. The number of halogens is 4. The SMILES string of the molecule is Fc1ccc(CNc2nc(Cl)ncc2Cl)cc1F. The molecule has 0 unspecified atom stereocenters. The Bertz CT molecular complexity index is 578. The van der Waals surface area contributed by atoms with Crippen molar-refractivity contribution in [1.82, 2.24) is 9.97 Å². The number of hydrogen-bond donors (Lipinski definition) is 1. The highest BCUT2D eigenvalue weighted by Gasteiger charge is 2.06. The molecule has 0 aliphatic carbocycles. The van der Waals surface area contributed by atoms with Crippen LogP contribution in [0.25, 0.3) is 0 Å². The van der Waals surface area contributed by atoms with Crippen LogP contribution >= 0.6 is 23.2 Å². The van der Waals surface area contributed by atoms with Crippen LogP contribution in [0, 0.1) is 11.6 Å². The second-order valence-corrected chi connectivity index (χ2v) is 4.18. The zero-order chi connectivity index (χ0) is 13.1. The van der Waals surface area contributed by atoms with Crippen LogP contribution in [0.1, 0.15) is 5.56 Å². The fourth-order valence-electron chi connectivity index (χ4n) is 1.30. The molecule has 0 amide bonds. The summed E-state index contributed by atoms with van der Waals surface area (Å²) in [5.74, 6) is -1.45. The van der Waals surface area contributed by atoms with E-state index in [0.29, 0.717) is 16.4 Å². The molecule has 1 aromatic carbocycles. The van der Waals surface area contributed by atoms with Gasteiger partial charge in [0, 0.05) is 6.54 Å². The maximum Gasteiger partial charge on any atom is 0.224 e. The molecule has 2 rings (SSSR count). The zero-order valence-corrected chi connectivity index (χ0v) is 10.4. The van der Waals surface area contributed by atoms with Crippen LogP contribution in [0.4, 0.5) is 14.6 Å². The van der Waals surface area contributed by atoms with E-state index in [9.17, 15) is 8.78 Å². The van der Waals surface area contributed by atoms with Crippen molar-refractivity contribution in [3.8, 4) is 0 Å². The van der Waals surface area contributed by atoms with Gasteiger partial charge in [-0.3, -0.25) is 0 Å². The summed E-state index contributed by atoms with van der Waals surface area (Å²) in [4.78, 5) is 7.56. The van der Waals surface area contributed by atoms with Crippen LogP contribution in [-0.2, 0) is 6.54 Å². The van der Waals surface area contributed by atoms with Crippen molar-refractivity contribution in [2.45, 2.75) is 6.54 Å². The van der Waals surface area contributed by atoms with Gasteiger partial charge in [0.25, 0.3) is 0 Å². The average molecular weight is 290 g/mol. The molecule has 18 heavy (non-hydrogen) atoms.